The summed E-state index contributed by atoms with van der Waals surface area (Å²) in [5.74, 6) is 1.26. The molecule has 0 fully saturated rings. The Morgan fingerprint density at radius 2 is 1.96 bits per heavy atom. The molecule has 0 atom stereocenters. The number of carbonyl (C=O) groups excluding carboxylic acids is 1. The van der Waals surface area contributed by atoms with Crippen LogP contribution in [0.2, 0.25) is 5.02 Å². The molecule has 0 radical (unpaired) electrons. The molecule has 2 aromatic carbocycles. The maximum atomic E-state index is 12.1. The zero-order valence-electron chi connectivity index (χ0n) is 13.5. The van der Waals surface area contributed by atoms with Crippen LogP contribution in [0.25, 0.3) is 0 Å². The molecular weight excluding hydrogens is 314 g/mol. The van der Waals surface area contributed by atoms with E-state index in [1.54, 1.807) is 20.3 Å². The van der Waals surface area contributed by atoms with Gasteiger partial charge in [0.1, 0.15) is 0 Å². The largest absolute Gasteiger partial charge is 0.493 e. The van der Waals surface area contributed by atoms with Gasteiger partial charge in [-0.2, -0.15) is 0 Å². The smallest absolute Gasteiger partial charge is 0.224 e. The van der Waals surface area contributed by atoms with Crippen LogP contribution in [0.4, 0.5) is 5.69 Å². The minimum absolute atomic E-state index is 0.0743. The number of nitrogens with one attached hydrogen (secondary N) is 1. The normalized spacial score (nSPS) is 10.3. The van der Waals surface area contributed by atoms with Crippen molar-refractivity contribution in [3.05, 3.63) is 52.5 Å². The summed E-state index contributed by atoms with van der Waals surface area (Å²) in [5.41, 5.74) is 2.61. The maximum Gasteiger partial charge on any atom is 0.224 e. The summed E-state index contributed by atoms with van der Waals surface area (Å²) in [4.78, 5) is 12.1. The van der Waals surface area contributed by atoms with E-state index >= 15 is 0 Å². The lowest BCUT2D eigenvalue weighted by atomic mass is 10.1. The Hall–Kier alpha value is -2.20. The summed E-state index contributed by atoms with van der Waals surface area (Å²) in [5, 5.41) is 3.49. The van der Waals surface area contributed by atoms with Gasteiger partial charge in [-0.25, -0.2) is 0 Å². The van der Waals surface area contributed by atoms with Crippen molar-refractivity contribution in [3.63, 3.8) is 0 Å². The predicted molar refractivity (Wildman–Crippen MR) is 92.7 cm³/mol. The lowest BCUT2D eigenvalue weighted by Gasteiger charge is -2.12. The molecule has 0 heterocycles. The number of ether oxygens (including phenoxy) is 2. The molecule has 2 rings (SSSR count). The molecule has 0 aliphatic carbocycles. The van der Waals surface area contributed by atoms with E-state index in [-0.39, 0.29) is 5.91 Å². The summed E-state index contributed by atoms with van der Waals surface area (Å²) >= 11 is 6.06. The minimum atomic E-state index is -0.0743. The van der Waals surface area contributed by atoms with Gasteiger partial charge >= 0.3 is 0 Å². The molecule has 23 heavy (non-hydrogen) atoms. The summed E-state index contributed by atoms with van der Waals surface area (Å²) in [6.07, 6.45) is 0.904. The Morgan fingerprint density at radius 3 is 2.61 bits per heavy atom. The zero-order chi connectivity index (χ0) is 16.8. The van der Waals surface area contributed by atoms with Crippen molar-refractivity contribution in [3.8, 4) is 11.5 Å². The molecule has 0 unspecified atom stereocenters. The highest BCUT2D eigenvalue weighted by atomic mass is 35.5. The first-order chi connectivity index (χ1) is 11.0. The first-order valence-electron chi connectivity index (χ1n) is 7.31. The van der Waals surface area contributed by atoms with Crippen molar-refractivity contribution in [1.29, 1.82) is 0 Å². The van der Waals surface area contributed by atoms with Crippen LogP contribution in [0, 0.1) is 6.92 Å². The molecule has 122 valence electrons. The van der Waals surface area contributed by atoms with E-state index in [0.29, 0.717) is 35.1 Å². The highest BCUT2D eigenvalue weighted by Gasteiger charge is 2.11. The first kappa shape index (κ1) is 17.2. The van der Waals surface area contributed by atoms with Gasteiger partial charge in [0, 0.05) is 17.1 Å². The van der Waals surface area contributed by atoms with Gasteiger partial charge in [-0.15, -0.1) is 0 Å². The summed E-state index contributed by atoms with van der Waals surface area (Å²) in [6.45, 7) is 1.92. The third-order valence-corrected chi connectivity index (χ3v) is 3.97. The molecule has 0 aliphatic rings. The van der Waals surface area contributed by atoms with Crippen molar-refractivity contribution in [2.45, 2.75) is 19.8 Å². The number of benzene rings is 2. The fourth-order valence-corrected chi connectivity index (χ4v) is 2.47. The number of rotatable bonds is 6. The second-order valence-corrected chi connectivity index (χ2v) is 5.57. The van der Waals surface area contributed by atoms with Crippen LogP contribution in [0.1, 0.15) is 17.5 Å². The lowest BCUT2D eigenvalue weighted by Crippen LogP contribution is -2.12. The molecule has 0 aliphatic heterocycles. The van der Waals surface area contributed by atoms with Crippen LogP contribution in [-0.2, 0) is 11.2 Å². The quantitative estimate of drug-likeness (QED) is 0.860. The van der Waals surface area contributed by atoms with Crippen LogP contribution in [0.15, 0.2) is 36.4 Å². The van der Waals surface area contributed by atoms with Crippen molar-refractivity contribution in [2.24, 2.45) is 0 Å². The van der Waals surface area contributed by atoms with Gasteiger partial charge in [0.2, 0.25) is 5.91 Å². The van der Waals surface area contributed by atoms with Crippen molar-refractivity contribution >= 4 is 23.2 Å². The summed E-state index contributed by atoms with van der Waals surface area (Å²) in [6, 6.07) is 11.1. The SMILES string of the molecule is COc1cccc(CCC(=O)Nc2ccc(C)c(Cl)c2)c1OC. The molecule has 0 bridgehead atoms. The van der Waals surface area contributed by atoms with Crippen LogP contribution >= 0.6 is 11.6 Å². The van der Waals surface area contributed by atoms with E-state index in [1.165, 1.54) is 0 Å². The van der Waals surface area contributed by atoms with Gasteiger partial charge in [-0.05, 0) is 42.7 Å². The molecule has 0 aromatic heterocycles. The van der Waals surface area contributed by atoms with E-state index in [9.17, 15) is 4.79 Å². The number of methoxy groups -OCH3 is 2. The van der Waals surface area contributed by atoms with E-state index in [4.69, 9.17) is 21.1 Å². The second-order valence-electron chi connectivity index (χ2n) is 5.16. The Balaban J connectivity index is 2.00. The number of carbonyl (C=O) groups is 1. The highest BCUT2D eigenvalue weighted by Crippen LogP contribution is 2.31. The number of aryl methyl sites for hydroxylation is 2. The number of halogens is 1. The number of anilines is 1. The first-order valence-corrected chi connectivity index (χ1v) is 7.68. The van der Waals surface area contributed by atoms with E-state index in [1.807, 2.05) is 37.3 Å². The Labute approximate surface area is 141 Å². The molecule has 0 spiro atoms. The van der Waals surface area contributed by atoms with E-state index in [2.05, 4.69) is 5.32 Å². The van der Waals surface area contributed by atoms with Gasteiger partial charge in [-0.3, -0.25) is 4.79 Å². The Kier molecular flexibility index (Phi) is 5.88. The third-order valence-electron chi connectivity index (χ3n) is 3.56. The lowest BCUT2D eigenvalue weighted by molar-refractivity contribution is -0.116. The monoisotopic (exact) mass is 333 g/mol. The Morgan fingerprint density at radius 1 is 1.17 bits per heavy atom. The van der Waals surface area contributed by atoms with E-state index < -0.39 is 0 Å². The molecule has 2 aromatic rings. The highest BCUT2D eigenvalue weighted by molar-refractivity contribution is 6.31. The standard InChI is InChI=1S/C18H20ClNO3/c1-12-7-9-14(11-15(12)19)20-17(21)10-8-13-5-4-6-16(22-2)18(13)23-3/h4-7,9,11H,8,10H2,1-3H3,(H,20,21). The van der Waals surface area contributed by atoms with Gasteiger partial charge in [0.05, 0.1) is 14.2 Å². The van der Waals surface area contributed by atoms with Gasteiger partial charge < -0.3 is 14.8 Å². The fraction of sp³-hybridized carbons (Fsp3) is 0.278. The summed E-state index contributed by atoms with van der Waals surface area (Å²) < 4.78 is 10.6. The molecule has 0 saturated heterocycles. The van der Waals surface area contributed by atoms with E-state index in [0.717, 1.165) is 11.1 Å². The molecule has 0 saturated carbocycles. The third kappa shape index (κ3) is 4.39. The topological polar surface area (TPSA) is 47.6 Å². The van der Waals surface area contributed by atoms with Gasteiger partial charge in [0.25, 0.3) is 0 Å². The number of para-hydroxylation sites is 1. The average molecular weight is 334 g/mol. The number of amides is 1. The van der Waals surface area contributed by atoms with Crippen molar-refractivity contribution in [2.75, 3.05) is 19.5 Å². The van der Waals surface area contributed by atoms with Crippen molar-refractivity contribution < 1.29 is 14.3 Å². The fourth-order valence-electron chi connectivity index (χ4n) is 2.29. The average Bonchev–Trinajstić information content (AvgIpc) is 2.55. The van der Waals surface area contributed by atoms with Gasteiger partial charge in [-0.1, -0.05) is 29.8 Å². The predicted octanol–water partition coefficient (Wildman–Crippen LogP) is 4.24. The molecule has 1 amide bonds. The van der Waals surface area contributed by atoms with Crippen LogP contribution in [-0.4, -0.2) is 20.1 Å². The Bertz CT molecular complexity index is 701. The van der Waals surface area contributed by atoms with Crippen LogP contribution in [0.5, 0.6) is 11.5 Å². The zero-order valence-corrected chi connectivity index (χ0v) is 14.2. The van der Waals surface area contributed by atoms with Gasteiger partial charge in [0.15, 0.2) is 11.5 Å². The maximum absolute atomic E-state index is 12.1. The van der Waals surface area contributed by atoms with Crippen molar-refractivity contribution in [1.82, 2.24) is 0 Å². The second kappa shape index (κ2) is 7.88. The van der Waals surface area contributed by atoms with Crippen LogP contribution in [0.3, 0.4) is 0 Å². The number of hydrogen-bond donors (Lipinski definition) is 1. The molecule has 5 heteroatoms. The van der Waals surface area contributed by atoms with Crippen LogP contribution < -0.4 is 14.8 Å². The molecule has 1 N–H and O–H groups in total. The number of hydrogen-bond acceptors (Lipinski definition) is 3. The molecule has 4 nitrogen and oxygen atoms in total. The summed E-state index contributed by atoms with van der Waals surface area (Å²) in [7, 11) is 3.19. The molecular formula is C18H20ClNO3. The minimum Gasteiger partial charge on any atom is -0.493 e.